The highest BCUT2D eigenvalue weighted by molar-refractivity contribution is 7.79. The number of aryl methyl sites for hydroxylation is 1. The van der Waals surface area contributed by atoms with E-state index in [0.29, 0.717) is 22.6 Å². The minimum atomic E-state index is -1.88. The second kappa shape index (κ2) is 6.40. The van der Waals surface area contributed by atoms with Crippen LogP contribution in [0.25, 0.3) is 0 Å². The van der Waals surface area contributed by atoms with Gasteiger partial charge in [-0.1, -0.05) is 33.3 Å². The van der Waals surface area contributed by atoms with Crippen LogP contribution in [0.5, 0.6) is 0 Å². The van der Waals surface area contributed by atoms with Crippen LogP contribution >= 0.6 is 0 Å². The van der Waals surface area contributed by atoms with Gasteiger partial charge in [0, 0.05) is 0 Å². The Morgan fingerprint density at radius 3 is 2.60 bits per heavy atom. The Balaban J connectivity index is 2.40. The van der Waals surface area contributed by atoms with Crippen molar-refractivity contribution in [2.75, 3.05) is 0 Å². The summed E-state index contributed by atoms with van der Waals surface area (Å²) >= 11 is -1.88. The van der Waals surface area contributed by atoms with Crippen molar-refractivity contribution < 1.29 is 8.76 Å². The molecule has 0 radical (unpaired) electrons. The lowest BCUT2D eigenvalue weighted by atomic mass is 9.67. The monoisotopic (exact) mass is 294 g/mol. The molecule has 1 aromatic carbocycles. The Hall–Kier alpha value is -0.670. The zero-order valence-electron chi connectivity index (χ0n) is 12.9. The summed E-state index contributed by atoms with van der Waals surface area (Å²) < 4.78 is 20.7. The van der Waals surface area contributed by atoms with Crippen LogP contribution in [0, 0.1) is 24.7 Å². The van der Waals surface area contributed by atoms with Crippen molar-refractivity contribution in [2.45, 2.75) is 57.8 Å². The van der Waals surface area contributed by atoms with E-state index < -0.39 is 11.1 Å². The van der Waals surface area contributed by atoms with E-state index in [2.05, 4.69) is 27.7 Å². The maximum atomic E-state index is 11.3. The minimum Gasteiger partial charge on any atom is -0.302 e. The summed E-state index contributed by atoms with van der Waals surface area (Å²) in [6, 6.07) is 5.73. The van der Waals surface area contributed by atoms with Crippen LogP contribution in [0.3, 0.4) is 0 Å². The van der Waals surface area contributed by atoms with E-state index in [9.17, 15) is 8.76 Å². The van der Waals surface area contributed by atoms with E-state index in [1.54, 1.807) is 6.07 Å². The standard InChI is InChI=1S/C17H26O2S/c1-11(2)15-8-5-12(3)9-17(15)16-10-14(20(18)19)7-6-13(16)4/h6-7,10-12,15,17H,5,8-9H2,1-4H3,(H,18,19)/t12?,15?,17-/m1/s1. The lowest BCUT2D eigenvalue weighted by Crippen LogP contribution is -2.26. The van der Waals surface area contributed by atoms with Gasteiger partial charge in [-0.15, -0.1) is 0 Å². The largest absolute Gasteiger partial charge is 0.302 e. The molecule has 1 N–H and O–H groups in total. The molecule has 3 heteroatoms. The molecule has 3 unspecified atom stereocenters. The molecule has 0 heterocycles. The van der Waals surface area contributed by atoms with Crippen LogP contribution in [0.1, 0.15) is 57.1 Å². The van der Waals surface area contributed by atoms with E-state index >= 15 is 0 Å². The Labute approximate surface area is 125 Å². The lowest BCUT2D eigenvalue weighted by molar-refractivity contribution is 0.196. The summed E-state index contributed by atoms with van der Waals surface area (Å²) in [5.41, 5.74) is 2.54. The van der Waals surface area contributed by atoms with Crippen LogP contribution < -0.4 is 0 Å². The maximum absolute atomic E-state index is 11.3. The Bertz CT molecular complexity index is 496. The van der Waals surface area contributed by atoms with Gasteiger partial charge in [0.15, 0.2) is 11.1 Å². The van der Waals surface area contributed by atoms with Gasteiger partial charge in [-0.3, -0.25) is 0 Å². The molecule has 0 bridgehead atoms. The summed E-state index contributed by atoms with van der Waals surface area (Å²) in [6.45, 7) is 9.05. The molecule has 2 nitrogen and oxygen atoms in total. The van der Waals surface area contributed by atoms with E-state index in [1.807, 2.05) is 12.1 Å². The molecule has 1 fully saturated rings. The predicted octanol–water partition coefficient (Wildman–Crippen LogP) is 4.75. The predicted molar refractivity (Wildman–Crippen MR) is 84.3 cm³/mol. The molecule has 1 aromatic rings. The number of rotatable bonds is 3. The Morgan fingerprint density at radius 1 is 1.30 bits per heavy atom. The van der Waals surface area contributed by atoms with Crippen LogP contribution in [-0.2, 0) is 11.1 Å². The third-order valence-corrected chi connectivity index (χ3v) is 5.53. The van der Waals surface area contributed by atoms with Gasteiger partial charge in [0.05, 0.1) is 4.90 Å². The highest BCUT2D eigenvalue weighted by Crippen LogP contribution is 2.45. The van der Waals surface area contributed by atoms with Crippen LogP contribution in [0.2, 0.25) is 0 Å². The van der Waals surface area contributed by atoms with Crippen LogP contribution in [-0.4, -0.2) is 8.76 Å². The van der Waals surface area contributed by atoms with Crippen molar-refractivity contribution >= 4 is 11.1 Å². The second-order valence-corrected chi connectivity index (χ2v) is 7.67. The lowest BCUT2D eigenvalue weighted by Gasteiger charge is -2.38. The first-order chi connectivity index (χ1) is 9.40. The van der Waals surface area contributed by atoms with Gasteiger partial charge in [-0.2, -0.15) is 0 Å². The van der Waals surface area contributed by atoms with Gasteiger partial charge in [0.25, 0.3) is 0 Å². The SMILES string of the molecule is Cc1ccc(S(=O)O)cc1[C@@H]1CC(C)CCC1C(C)C. The smallest absolute Gasteiger partial charge is 0.186 e. The summed E-state index contributed by atoms with van der Waals surface area (Å²) in [6.07, 6.45) is 3.78. The third kappa shape index (κ3) is 3.32. The normalized spacial score (nSPS) is 28.6. The molecule has 1 aliphatic carbocycles. The first-order valence-corrected chi connectivity index (χ1v) is 8.72. The molecule has 4 atom stereocenters. The van der Waals surface area contributed by atoms with Gasteiger partial charge in [-0.25, -0.2) is 4.21 Å². The molecule has 1 saturated carbocycles. The fourth-order valence-corrected chi connectivity index (χ4v) is 4.10. The number of benzene rings is 1. The van der Waals surface area contributed by atoms with Gasteiger partial charge < -0.3 is 4.55 Å². The van der Waals surface area contributed by atoms with Gasteiger partial charge >= 0.3 is 0 Å². The van der Waals surface area contributed by atoms with E-state index in [1.165, 1.54) is 30.4 Å². The molecule has 0 aromatic heterocycles. The molecule has 0 amide bonds. The zero-order chi connectivity index (χ0) is 14.9. The van der Waals surface area contributed by atoms with E-state index in [4.69, 9.17) is 0 Å². The van der Waals surface area contributed by atoms with Gasteiger partial charge in [0.1, 0.15) is 0 Å². The van der Waals surface area contributed by atoms with Gasteiger partial charge in [0.2, 0.25) is 0 Å². The number of hydrogen-bond donors (Lipinski definition) is 1. The molecular formula is C17H26O2S. The van der Waals surface area contributed by atoms with E-state index in [0.717, 1.165) is 5.92 Å². The van der Waals surface area contributed by atoms with Crippen molar-refractivity contribution in [3.8, 4) is 0 Å². The topological polar surface area (TPSA) is 37.3 Å². The summed E-state index contributed by atoms with van der Waals surface area (Å²) in [5.74, 6) is 2.63. The number of hydrogen-bond acceptors (Lipinski definition) is 1. The zero-order valence-corrected chi connectivity index (χ0v) is 13.7. The van der Waals surface area contributed by atoms with Crippen molar-refractivity contribution in [3.63, 3.8) is 0 Å². The molecule has 20 heavy (non-hydrogen) atoms. The quantitative estimate of drug-likeness (QED) is 0.817. The highest BCUT2D eigenvalue weighted by atomic mass is 32.2. The Kier molecular flexibility index (Phi) is 5.03. The molecule has 112 valence electrons. The first kappa shape index (κ1) is 15.7. The minimum absolute atomic E-state index is 0.530. The third-order valence-electron chi connectivity index (χ3n) is 4.87. The molecule has 0 aliphatic heterocycles. The average molecular weight is 294 g/mol. The van der Waals surface area contributed by atoms with Crippen LogP contribution in [0.15, 0.2) is 23.1 Å². The van der Waals surface area contributed by atoms with E-state index in [-0.39, 0.29) is 0 Å². The summed E-state index contributed by atoms with van der Waals surface area (Å²) in [7, 11) is 0. The first-order valence-electron chi connectivity index (χ1n) is 7.61. The highest BCUT2D eigenvalue weighted by Gasteiger charge is 2.32. The summed E-state index contributed by atoms with van der Waals surface area (Å²) in [5, 5.41) is 0. The van der Waals surface area contributed by atoms with Crippen molar-refractivity contribution in [1.29, 1.82) is 0 Å². The fraction of sp³-hybridized carbons (Fsp3) is 0.647. The average Bonchev–Trinajstić information content (AvgIpc) is 2.38. The fourth-order valence-electron chi connectivity index (χ4n) is 3.69. The Morgan fingerprint density at radius 2 is 2.00 bits per heavy atom. The molecule has 0 spiro atoms. The van der Waals surface area contributed by atoms with Gasteiger partial charge in [-0.05, 0) is 66.7 Å². The van der Waals surface area contributed by atoms with Crippen molar-refractivity contribution in [2.24, 2.45) is 17.8 Å². The molecular weight excluding hydrogens is 268 g/mol. The molecule has 0 saturated heterocycles. The summed E-state index contributed by atoms with van der Waals surface area (Å²) in [4.78, 5) is 0.534. The second-order valence-electron chi connectivity index (χ2n) is 6.70. The van der Waals surface area contributed by atoms with Crippen molar-refractivity contribution in [3.05, 3.63) is 29.3 Å². The van der Waals surface area contributed by atoms with Crippen molar-refractivity contribution in [1.82, 2.24) is 0 Å². The molecule has 2 rings (SSSR count). The maximum Gasteiger partial charge on any atom is 0.186 e. The van der Waals surface area contributed by atoms with Crippen LogP contribution in [0.4, 0.5) is 0 Å². The molecule has 1 aliphatic rings.